The molecule has 2 aromatic rings. The van der Waals surface area contributed by atoms with Crippen molar-refractivity contribution in [3.8, 4) is 0 Å². The number of carbonyl (C=O) groups is 1. The molecule has 0 aromatic heterocycles. The van der Waals surface area contributed by atoms with Crippen LogP contribution in [-0.2, 0) is 11.2 Å². The summed E-state index contributed by atoms with van der Waals surface area (Å²) in [5.41, 5.74) is 4.60. The minimum absolute atomic E-state index is 0.204. The highest BCUT2D eigenvalue weighted by Gasteiger charge is 2.19. The number of halogens is 1. The molecule has 1 aliphatic rings. The molecule has 2 aromatic carbocycles. The van der Waals surface area contributed by atoms with E-state index in [1.54, 1.807) is 31.2 Å². The number of hydrogen-bond donors (Lipinski definition) is 0. The molecule has 0 heterocycles. The van der Waals surface area contributed by atoms with Crippen LogP contribution in [0.5, 0.6) is 0 Å². The predicted molar refractivity (Wildman–Crippen MR) is 84.3 cm³/mol. The summed E-state index contributed by atoms with van der Waals surface area (Å²) in [5, 5.41) is 0. The average Bonchev–Trinajstić information content (AvgIpc) is 2.55. The summed E-state index contributed by atoms with van der Waals surface area (Å²) < 4.78 is 19.3. The average molecular weight is 296 g/mol. The Balaban J connectivity index is 2.15. The molecule has 0 saturated carbocycles. The highest BCUT2D eigenvalue weighted by atomic mass is 19.1. The van der Waals surface area contributed by atoms with Crippen molar-refractivity contribution in [3.63, 3.8) is 0 Å². The van der Waals surface area contributed by atoms with Crippen LogP contribution in [-0.4, -0.2) is 13.1 Å². The first-order chi connectivity index (χ1) is 10.6. The van der Waals surface area contributed by atoms with Gasteiger partial charge in [0.1, 0.15) is 5.82 Å². The van der Waals surface area contributed by atoms with E-state index in [4.69, 9.17) is 4.74 Å². The van der Waals surface area contributed by atoms with Gasteiger partial charge in [-0.2, -0.15) is 0 Å². The Bertz CT molecular complexity index is 775. The van der Waals surface area contributed by atoms with Gasteiger partial charge in [0.25, 0.3) is 0 Å². The third-order valence-corrected chi connectivity index (χ3v) is 4.07. The van der Waals surface area contributed by atoms with Crippen LogP contribution in [0.2, 0.25) is 0 Å². The lowest BCUT2D eigenvalue weighted by Crippen LogP contribution is -2.07. The second-order valence-corrected chi connectivity index (χ2v) is 5.46. The maximum Gasteiger partial charge on any atom is 0.337 e. The summed E-state index contributed by atoms with van der Waals surface area (Å²) in [7, 11) is 1.36. The van der Waals surface area contributed by atoms with Crippen LogP contribution in [0.15, 0.2) is 42.5 Å². The maximum absolute atomic E-state index is 14.5. The number of carbonyl (C=O) groups excluding carboxylic acids is 1. The standard InChI is InChI=1S/C19H17FO2/c1-12-5-3-8-16(18(12)20)15-7-4-6-13-9-10-14(11-17(13)15)19(21)22-2/h3,5,7-11H,4,6H2,1-2H3. The molecular weight excluding hydrogens is 279 g/mol. The van der Waals surface area contributed by atoms with E-state index in [-0.39, 0.29) is 11.8 Å². The van der Waals surface area contributed by atoms with Crippen molar-refractivity contribution >= 4 is 11.5 Å². The van der Waals surface area contributed by atoms with Crippen LogP contribution in [0, 0.1) is 12.7 Å². The lowest BCUT2D eigenvalue weighted by molar-refractivity contribution is 0.0600. The first-order valence-electron chi connectivity index (χ1n) is 7.29. The van der Waals surface area contributed by atoms with E-state index in [2.05, 4.69) is 0 Å². The molecule has 0 N–H and O–H groups in total. The number of methoxy groups -OCH3 is 1. The summed E-state index contributed by atoms with van der Waals surface area (Å²) in [4.78, 5) is 11.7. The zero-order chi connectivity index (χ0) is 15.7. The second-order valence-electron chi connectivity index (χ2n) is 5.46. The highest BCUT2D eigenvalue weighted by Crippen LogP contribution is 2.34. The molecule has 1 aliphatic carbocycles. The lowest BCUT2D eigenvalue weighted by atomic mass is 9.85. The normalized spacial score (nSPS) is 13.3. The molecular formula is C19H17FO2. The van der Waals surface area contributed by atoms with E-state index in [9.17, 15) is 9.18 Å². The fourth-order valence-corrected chi connectivity index (χ4v) is 2.88. The van der Waals surface area contributed by atoms with Gasteiger partial charge < -0.3 is 4.74 Å². The molecule has 0 spiro atoms. The third-order valence-electron chi connectivity index (χ3n) is 4.07. The molecule has 0 fully saturated rings. The zero-order valence-electron chi connectivity index (χ0n) is 12.7. The number of hydrogen-bond acceptors (Lipinski definition) is 2. The molecule has 0 unspecified atom stereocenters. The zero-order valence-corrected chi connectivity index (χ0v) is 12.7. The Kier molecular flexibility index (Phi) is 3.80. The van der Waals surface area contributed by atoms with Crippen LogP contribution in [0.1, 0.15) is 39.0 Å². The molecule has 0 radical (unpaired) electrons. The van der Waals surface area contributed by atoms with Gasteiger partial charge in [-0.1, -0.05) is 30.3 Å². The quantitative estimate of drug-likeness (QED) is 0.772. The summed E-state index contributed by atoms with van der Waals surface area (Å²) in [5.74, 6) is -0.581. The molecule has 0 bridgehead atoms. The lowest BCUT2D eigenvalue weighted by Gasteiger charge is -2.20. The summed E-state index contributed by atoms with van der Waals surface area (Å²) in [6.07, 6.45) is 3.81. The molecule has 3 heteroatoms. The Morgan fingerprint density at radius 1 is 1.18 bits per heavy atom. The van der Waals surface area contributed by atoms with Crippen LogP contribution in [0.4, 0.5) is 4.39 Å². The SMILES string of the molecule is COC(=O)c1ccc2c(c1)C(c1cccc(C)c1F)=CCC2. The monoisotopic (exact) mass is 296 g/mol. The van der Waals surface area contributed by atoms with E-state index in [0.717, 1.165) is 29.5 Å². The van der Waals surface area contributed by atoms with Crippen molar-refractivity contribution in [3.05, 3.63) is 76.1 Å². The van der Waals surface area contributed by atoms with Gasteiger partial charge in [0.05, 0.1) is 12.7 Å². The van der Waals surface area contributed by atoms with Gasteiger partial charge in [-0.05, 0) is 54.2 Å². The summed E-state index contributed by atoms with van der Waals surface area (Å²) in [6.45, 7) is 1.76. The largest absolute Gasteiger partial charge is 0.465 e. The molecule has 22 heavy (non-hydrogen) atoms. The van der Waals surface area contributed by atoms with Gasteiger partial charge in [0.2, 0.25) is 0 Å². The molecule has 0 saturated heterocycles. The smallest absolute Gasteiger partial charge is 0.337 e. The third kappa shape index (κ3) is 2.43. The Morgan fingerprint density at radius 3 is 2.77 bits per heavy atom. The number of ether oxygens (including phenoxy) is 1. The number of esters is 1. The highest BCUT2D eigenvalue weighted by molar-refractivity contribution is 5.92. The maximum atomic E-state index is 14.5. The number of fused-ring (bicyclic) bond motifs is 1. The topological polar surface area (TPSA) is 26.3 Å². The van der Waals surface area contributed by atoms with E-state index >= 15 is 0 Å². The van der Waals surface area contributed by atoms with Crippen LogP contribution in [0.25, 0.3) is 5.57 Å². The van der Waals surface area contributed by atoms with Crippen molar-refractivity contribution in [2.24, 2.45) is 0 Å². The van der Waals surface area contributed by atoms with Gasteiger partial charge in [0.15, 0.2) is 0 Å². The molecule has 0 aliphatic heterocycles. The van der Waals surface area contributed by atoms with Crippen LogP contribution >= 0.6 is 0 Å². The van der Waals surface area contributed by atoms with Gasteiger partial charge in [-0.25, -0.2) is 9.18 Å². The van der Waals surface area contributed by atoms with Gasteiger partial charge in [-0.3, -0.25) is 0 Å². The van der Waals surface area contributed by atoms with Crippen LogP contribution in [0.3, 0.4) is 0 Å². The van der Waals surface area contributed by atoms with Crippen LogP contribution < -0.4 is 0 Å². The van der Waals surface area contributed by atoms with E-state index < -0.39 is 0 Å². The minimum Gasteiger partial charge on any atom is -0.465 e. The molecule has 3 rings (SSSR count). The molecule has 0 amide bonds. The van der Waals surface area contributed by atoms with E-state index in [1.807, 2.05) is 18.2 Å². The minimum atomic E-state index is -0.377. The fourth-order valence-electron chi connectivity index (χ4n) is 2.88. The molecule has 112 valence electrons. The number of rotatable bonds is 2. The Morgan fingerprint density at radius 2 is 2.00 bits per heavy atom. The Labute approximate surface area is 129 Å². The number of allylic oxidation sites excluding steroid dienone is 1. The predicted octanol–water partition coefficient (Wildman–Crippen LogP) is 4.30. The summed E-state index contributed by atoms with van der Waals surface area (Å²) in [6, 6.07) is 10.9. The van der Waals surface area contributed by atoms with Crippen molar-refractivity contribution < 1.29 is 13.9 Å². The molecule has 0 atom stereocenters. The van der Waals surface area contributed by atoms with Crippen molar-refractivity contribution in [1.29, 1.82) is 0 Å². The number of benzene rings is 2. The fraction of sp³-hybridized carbons (Fsp3) is 0.211. The second kappa shape index (κ2) is 5.76. The Hall–Kier alpha value is -2.42. The number of aryl methyl sites for hydroxylation is 2. The molecule has 2 nitrogen and oxygen atoms in total. The van der Waals surface area contributed by atoms with E-state index in [0.29, 0.717) is 16.7 Å². The first kappa shape index (κ1) is 14.5. The van der Waals surface area contributed by atoms with Crippen molar-refractivity contribution in [2.75, 3.05) is 7.11 Å². The van der Waals surface area contributed by atoms with Crippen molar-refractivity contribution in [2.45, 2.75) is 19.8 Å². The first-order valence-corrected chi connectivity index (χ1v) is 7.29. The van der Waals surface area contributed by atoms with Gasteiger partial charge >= 0.3 is 5.97 Å². The summed E-state index contributed by atoms with van der Waals surface area (Å²) >= 11 is 0. The van der Waals surface area contributed by atoms with Crippen molar-refractivity contribution in [1.82, 2.24) is 0 Å². The van der Waals surface area contributed by atoms with E-state index in [1.165, 1.54) is 7.11 Å². The van der Waals surface area contributed by atoms with Gasteiger partial charge in [0, 0.05) is 5.56 Å². The van der Waals surface area contributed by atoms with Gasteiger partial charge in [-0.15, -0.1) is 0 Å².